The molecular formula is C21H34N7O4S2+. The van der Waals surface area contributed by atoms with Crippen molar-refractivity contribution in [2.45, 2.75) is 55.4 Å². The zero-order valence-corrected chi connectivity index (χ0v) is 21.8. The number of β-lactam (4-membered cyclic amide) rings is 1. The molecule has 13 heteroatoms. The van der Waals surface area contributed by atoms with Crippen LogP contribution >= 0.6 is 23.5 Å². The van der Waals surface area contributed by atoms with Crippen molar-refractivity contribution in [3.63, 3.8) is 0 Å². The highest BCUT2D eigenvalue weighted by Crippen LogP contribution is 2.51. The number of amides is 1. The molecule has 2 saturated heterocycles. The van der Waals surface area contributed by atoms with Gasteiger partial charge in [0, 0.05) is 34.4 Å². The Morgan fingerprint density at radius 1 is 1.35 bits per heavy atom. The third kappa shape index (κ3) is 4.99. The van der Waals surface area contributed by atoms with Gasteiger partial charge in [-0.05, 0) is 23.8 Å². The maximum Gasteiger partial charge on any atom is 0.353 e. The molecule has 0 unspecified atom stereocenters. The van der Waals surface area contributed by atoms with Crippen LogP contribution in [-0.2, 0) is 16.1 Å². The van der Waals surface area contributed by atoms with Gasteiger partial charge in [-0.15, -0.1) is 16.9 Å². The monoisotopic (exact) mass is 512 g/mol. The summed E-state index contributed by atoms with van der Waals surface area (Å²) < 4.78 is 2.68. The second-order valence-electron chi connectivity index (χ2n) is 10.4. The number of hydrogen-bond donors (Lipinski definition) is 3. The van der Waals surface area contributed by atoms with Gasteiger partial charge < -0.3 is 24.9 Å². The number of carboxylic acids is 1. The number of fused-ring (bicyclic) bond motifs is 1. The lowest BCUT2D eigenvalue weighted by Gasteiger charge is -2.46. The predicted molar refractivity (Wildman–Crippen MR) is 129 cm³/mol. The van der Waals surface area contributed by atoms with Crippen LogP contribution in [0.5, 0.6) is 0 Å². The molecule has 1 amide bonds. The summed E-state index contributed by atoms with van der Waals surface area (Å²) in [4.78, 5) is 26.7. The molecule has 11 nitrogen and oxygen atoms in total. The number of aliphatic hydroxyl groups is 1. The number of aliphatic carboxylic acids is 1. The van der Waals surface area contributed by atoms with Gasteiger partial charge in [-0.1, -0.05) is 18.7 Å². The van der Waals surface area contributed by atoms with Crippen molar-refractivity contribution in [3.05, 3.63) is 10.6 Å². The van der Waals surface area contributed by atoms with Gasteiger partial charge in [-0.25, -0.2) is 9.48 Å². The number of aliphatic hydroxyl groups excluding tert-OH is 1. The lowest BCUT2D eigenvalue weighted by atomic mass is 9.79. The third-order valence-corrected chi connectivity index (χ3v) is 9.31. The van der Waals surface area contributed by atoms with E-state index < -0.39 is 18.0 Å². The number of nitrogens with zero attached hydrogens (tertiary/aromatic N) is 6. The maximum absolute atomic E-state index is 12.5. The first kappa shape index (κ1) is 25.4. The molecule has 0 aliphatic carbocycles. The second-order valence-corrected chi connectivity index (χ2v) is 12.7. The number of carbonyl (C=O) groups excluding carboxylic acids is 1. The van der Waals surface area contributed by atoms with Crippen LogP contribution in [0.25, 0.3) is 0 Å². The van der Waals surface area contributed by atoms with E-state index in [1.54, 1.807) is 30.4 Å². The molecule has 1 aromatic rings. The minimum Gasteiger partial charge on any atom is -0.477 e. The molecule has 0 spiro atoms. The molecule has 0 aromatic carbocycles. The number of rotatable bonds is 10. The minimum atomic E-state index is -1.08. The predicted octanol–water partition coefficient (Wildman–Crippen LogP) is 0.0888. The Balaban J connectivity index is 1.35. The highest BCUT2D eigenvalue weighted by atomic mass is 32.2. The number of nitrogens with one attached hydrogen (secondary N) is 1. The first-order valence-corrected chi connectivity index (χ1v) is 13.4. The summed E-state index contributed by atoms with van der Waals surface area (Å²) in [6.07, 6.45) is 0.101. The van der Waals surface area contributed by atoms with Gasteiger partial charge in [-0.2, -0.15) is 0 Å². The van der Waals surface area contributed by atoms with Gasteiger partial charge >= 0.3 is 5.97 Å². The highest BCUT2D eigenvalue weighted by molar-refractivity contribution is 8.03. The van der Waals surface area contributed by atoms with Crippen LogP contribution in [0.2, 0.25) is 0 Å². The molecule has 3 N–H and O–H groups in total. The SMILES string of the molecule is C[C@@H](O)[C@H]1C(=O)N2C(C(=O)O)=C(S[C@@H]3CN[C@H](CSc4nnnn4CC[N+](C)(C)C)C3)[C@H](C)[C@H]12. The Morgan fingerprint density at radius 2 is 2.09 bits per heavy atom. The Bertz CT molecular complexity index is 977. The quantitative estimate of drug-likeness (QED) is 0.225. The number of tetrazole rings is 1. The summed E-state index contributed by atoms with van der Waals surface area (Å²) in [7, 11) is 6.41. The van der Waals surface area contributed by atoms with Gasteiger partial charge in [-0.3, -0.25) is 4.79 Å². The first-order valence-electron chi connectivity index (χ1n) is 11.6. The van der Waals surface area contributed by atoms with Crippen molar-refractivity contribution in [1.82, 2.24) is 30.4 Å². The number of quaternary nitrogens is 1. The van der Waals surface area contributed by atoms with Crippen LogP contribution in [0, 0.1) is 11.8 Å². The normalized spacial score (nSPS) is 30.0. The average Bonchev–Trinajstić information content (AvgIpc) is 3.43. The number of aromatic nitrogens is 4. The van der Waals surface area contributed by atoms with Gasteiger partial charge in [0.1, 0.15) is 5.70 Å². The van der Waals surface area contributed by atoms with Crippen molar-refractivity contribution in [1.29, 1.82) is 0 Å². The van der Waals surface area contributed by atoms with Crippen LogP contribution in [0.1, 0.15) is 20.3 Å². The molecule has 3 aliphatic heterocycles. The van der Waals surface area contributed by atoms with E-state index in [0.29, 0.717) is 0 Å². The Labute approximate surface area is 207 Å². The topological polar surface area (TPSA) is 133 Å². The van der Waals surface area contributed by atoms with Crippen molar-refractivity contribution < 1.29 is 24.3 Å². The molecule has 0 radical (unpaired) electrons. The number of thioether (sulfide) groups is 2. The van der Waals surface area contributed by atoms with Crippen molar-refractivity contribution in [3.8, 4) is 0 Å². The smallest absolute Gasteiger partial charge is 0.353 e. The molecule has 188 valence electrons. The molecule has 4 rings (SSSR count). The minimum absolute atomic E-state index is 0.0960. The number of carboxylic acid groups (broad SMARTS) is 1. The van der Waals surface area contributed by atoms with Gasteiger partial charge in [0.2, 0.25) is 11.1 Å². The van der Waals surface area contributed by atoms with E-state index in [1.165, 1.54) is 4.90 Å². The number of carbonyl (C=O) groups is 2. The maximum atomic E-state index is 12.5. The fourth-order valence-corrected chi connectivity index (χ4v) is 7.36. The largest absolute Gasteiger partial charge is 0.477 e. The van der Waals surface area contributed by atoms with Crippen LogP contribution in [-0.4, -0.2) is 115 Å². The molecule has 0 saturated carbocycles. The van der Waals surface area contributed by atoms with E-state index in [-0.39, 0.29) is 34.9 Å². The van der Waals surface area contributed by atoms with E-state index in [1.807, 2.05) is 11.6 Å². The van der Waals surface area contributed by atoms with E-state index in [2.05, 4.69) is 42.0 Å². The summed E-state index contributed by atoms with van der Waals surface area (Å²) >= 11 is 3.20. The zero-order valence-electron chi connectivity index (χ0n) is 20.2. The summed E-state index contributed by atoms with van der Waals surface area (Å²) in [5, 5.41) is 36.5. The lowest BCUT2D eigenvalue weighted by molar-refractivity contribution is -0.871. The van der Waals surface area contributed by atoms with Gasteiger partial charge in [0.25, 0.3) is 0 Å². The van der Waals surface area contributed by atoms with E-state index >= 15 is 0 Å². The second kappa shape index (κ2) is 9.76. The van der Waals surface area contributed by atoms with Gasteiger partial charge in [0.15, 0.2) is 0 Å². The average molecular weight is 513 g/mol. The molecular weight excluding hydrogens is 478 g/mol. The summed E-state index contributed by atoms with van der Waals surface area (Å²) in [5.74, 6) is -1.18. The fourth-order valence-electron chi connectivity index (χ4n) is 4.87. The molecule has 3 aliphatic rings. The van der Waals surface area contributed by atoms with Gasteiger partial charge in [0.05, 0.1) is 52.3 Å². The van der Waals surface area contributed by atoms with E-state index in [9.17, 15) is 19.8 Å². The van der Waals surface area contributed by atoms with Crippen molar-refractivity contribution >= 4 is 35.4 Å². The third-order valence-electron chi connectivity index (χ3n) is 6.68. The Hall–Kier alpha value is -1.67. The van der Waals surface area contributed by atoms with E-state index in [0.717, 1.165) is 46.4 Å². The van der Waals surface area contributed by atoms with E-state index in [4.69, 9.17) is 0 Å². The lowest BCUT2D eigenvalue weighted by Crippen LogP contribution is -2.63. The first-order chi connectivity index (χ1) is 16.0. The highest BCUT2D eigenvalue weighted by Gasteiger charge is 2.60. The molecule has 1 aromatic heterocycles. The van der Waals surface area contributed by atoms with Crippen LogP contribution in [0.15, 0.2) is 15.8 Å². The van der Waals surface area contributed by atoms with Crippen LogP contribution in [0.4, 0.5) is 0 Å². The van der Waals surface area contributed by atoms with Crippen molar-refractivity contribution in [2.75, 3.05) is 40.0 Å². The molecule has 6 atom stereocenters. The molecule has 2 fully saturated rings. The summed E-state index contributed by atoms with van der Waals surface area (Å²) in [6.45, 7) is 6.01. The zero-order chi connectivity index (χ0) is 24.8. The molecule has 0 bridgehead atoms. The summed E-state index contributed by atoms with van der Waals surface area (Å²) in [5.41, 5.74) is 0.0960. The van der Waals surface area contributed by atoms with Crippen molar-refractivity contribution in [2.24, 2.45) is 11.8 Å². The Kier molecular flexibility index (Phi) is 7.30. The molecule has 34 heavy (non-hydrogen) atoms. The number of hydrogen-bond acceptors (Lipinski definition) is 9. The van der Waals surface area contributed by atoms with Crippen LogP contribution < -0.4 is 5.32 Å². The fraction of sp³-hybridized carbons (Fsp3) is 0.762. The number of likely N-dealkylation sites (N-methyl/N-ethyl adjacent to an activating group) is 1. The molecule has 4 heterocycles. The van der Waals surface area contributed by atoms with Crippen LogP contribution in [0.3, 0.4) is 0 Å². The Morgan fingerprint density at radius 3 is 2.74 bits per heavy atom. The summed E-state index contributed by atoms with van der Waals surface area (Å²) in [6, 6.07) is -0.00657. The standard InChI is InChI=1S/C21H33N7O4S2/c1-11-16-15(12(2)29)19(30)27(16)17(20(31)32)18(11)34-14-8-13(22-9-14)10-33-21-23-24-25-26(21)6-7-28(3,4)5/h11-16,22,29H,6-10H2,1-5H3/p+1/t11-,12-,13+,14+,15-,16-/m1/s1.